The highest BCUT2D eigenvalue weighted by Gasteiger charge is 2.19. The van der Waals surface area contributed by atoms with Crippen molar-refractivity contribution >= 4 is 29.0 Å². The summed E-state index contributed by atoms with van der Waals surface area (Å²) in [6.07, 6.45) is 0. The molecule has 7 heteroatoms. The number of benzene rings is 3. The van der Waals surface area contributed by atoms with E-state index in [1.165, 1.54) is 17.3 Å². The van der Waals surface area contributed by atoms with Crippen molar-refractivity contribution < 1.29 is 13.9 Å². The van der Waals surface area contributed by atoms with E-state index in [4.69, 9.17) is 9.15 Å². The molecule has 6 nitrogen and oxygen atoms in total. The summed E-state index contributed by atoms with van der Waals surface area (Å²) in [4.78, 5) is 14.8. The SMILES string of the molecule is Cc1ccc(OCc2nnc(SCC(=O)N(c3ccccc3)c3ccccc3)o2)cc1C. The molecular weight excluding hydrogens is 422 g/mol. The number of carbonyl (C=O) groups excluding carboxylic acids is 1. The largest absolute Gasteiger partial charge is 0.484 e. The first-order valence-electron chi connectivity index (χ1n) is 10.2. The summed E-state index contributed by atoms with van der Waals surface area (Å²) in [5, 5.41) is 8.39. The molecule has 1 aromatic heterocycles. The van der Waals surface area contributed by atoms with Gasteiger partial charge >= 0.3 is 0 Å². The minimum atomic E-state index is -0.0847. The summed E-state index contributed by atoms with van der Waals surface area (Å²) < 4.78 is 11.4. The molecule has 4 rings (SSSR count). The van der Waals surface area contributed by atoms with Crippen LogP contribution in [-0.4, -0.2) is 21.9 Å². The van der Waals surface area contributed by atoms with Crippen molar-refractivity contribution in [1.29, 1.82) is 0 Å². The number of para-hydroxylation sites is 2. The van der Waals surface area contributed by atoms with Gasteiger partial charge in [-0.25, -0.2) is 0 Å². The maximum Gasteiger partial charge on any atom is 0.277 e. The molecular formula is C25H23N3O3S. The molecule has 0 saturated carbocycles. The van der Waals surface area contributed by atoms with Crippen LogP contribution in [0.4, 0.5) is 11.4 Å². The van der Waals surface area contributed by atoms with Crippen molar-refractivity contribution in [2.45, 2.75) is 25.7 Å². The summed E-state index contributed by atoms with van der Waals surface area (Å²) in [6, 6.07) is 25.0. The Kier molecular flexibility index (Phi) is 6.87. The van der Waals surface area contributed by atoms with Gasteiger partial charge in [0.1, 0.15) is 5.75 Å². The molecule has 0 unspecified atom stereocenters. The topological polar surface area (TPSA) is 68.5 Å². The summed E-state index contributed by atoms with van der Waals surface area (Å²) >= 11 is 1.21. The fourth-order valence-corrected chi connectivity index (χ4v) is 3.71. The average Bonchev–Trinajstić information content (AvgIpc) is 3.28. The first-order chi connectivity index (χ1) is 15.6. The Morgan fingerprint density at radius 2 is 1.56 bits per heavy atom. The van der Waals surface area contributed by atoms with E-state index in [2.05, 4.69) is 17.1 Å². The van der Waals surface area contributed by atoms with E-state index in [1.807, 2.05) is 85.8 Å². The quantitative estimate of drug-likeness (QED) is 0.323. The maximum atomic E-state index is 13.1. The van der Waals surface area contributed by atoms with Crippen LogP contribution in [0.2, 0.25) is 0 Å². The van der Waals surface area contributed by atoms with Crippen molar-refractivity contribution in [1.82, 2.24) is 10.2 Å². The minimum absolute atomic E-state index is 0.0847. The lowest BCUT2D eigenvalue weighted by Crippen LogP contribution is -2.27. The zero-order valence-electron chi connectivity index (χ0n) is 17.9. The van der Waals surface area contributed by atoms with Gasteiger partial charge < -0.3 is 9.15 Å². The Balaban J connectivity index is 1.38. The van der Waals surface area contributed by atoms with Gasteiger partial charge in [-0.2, -0.15) is 0 Å². The Bertz CT molecular complexity index is 1140. The Labute approximate surface area is 191 Å². The van der Waals surface area contributed by atoms with Crippen molar-refractivity contribution in [2.75, 3.05) is 10.7 Å². The molecule has 0 saturated heterocycles. The molecule has 0 aliphatic heterocycles. The molecule has 3 aromatic carbocycles. The third-order valence-corrected chi connectivity index (χ3v) is 5.69. The molecule has 1 amide bonds. The van der Waals surface area contributed by atoms with E-state index in [0.29, 0.717) is 11.1 Å². The monoisotopic (exact) mass is 445 g/mol. The molecule has 0 N–H and O–H groups in total. The lowest BCUT2D eigenvalue weighted by molar-refractivity contribution is -0.115. The Hall–Kier alpha value is -3.58. The van der Waals surface area contributed by atoms with Gasteiger partial charge in [0.2, 0.25) is 5.91 Å². The van der Waals surface area contributed by atoms with Crippen LogP contribution in [0.5, 0.6) is 5.75 Å². The molecule has 0 atom stereocenters. The van der Waals surface area contributed by atoms with Crippen molar-refractivity contribution in [2.24, 2.45) is 0 Å². The van der Waals surface area contributed by atoms with E-state index in [1.54, 1.807) is 4.90 Å². The number of aryl methyl sites for hydroxylation is 2. The van der Waals surface area contributed by atoms with Crippen LogP contribution in [0, 0.1) is 13.8 Å². The van der Waals surface area contributed by atoms with Crippen molar-refractivity contribution in [3.63, 3.8) is 0 Å². The molecule has 0 spiro atoms. The van der Waals surface area contributed by atoms with Crippen molar-refractivity contribution in [3.05, 3.63) is 95.9 Å². The van der Waals surface area contributed by atoms with Crippen LogP contribution in [0.25, 0.3) is 0 Å². The highest BCUT2D eigenvalue weighted by Crippen LogP contribution is 2.27. The molecule has 4 aromatic rings. The van der Waals surface area contributed by atoms with Gasteiger partial charge in [-0.3, -0.25) is 9.69 Å². The number of hydrogen-bond acceptors (Lipinski definition) is 6. The highest BCUT2D eigenvalue weighted by molar-refractivity contribution is 7.99. The predicted octanol–water partition coefficient (Wildman–Crippen LogP) is 5.72. The molecule has 0 aliphatic carbocycles. The van der Waals surface area contributed by atoms with Gasteiger partial charge in [0, 0.05) is 11.4 Å². The van der Waals surface area contributed by atoms with Gasteiger partial charge in [-0.1, -0.05) is 54.2 Å². The van der Waals surface area contributed by atoms with E-state index in [-0.39, 0.29) is 18.3 Å². The van der Waals surface area contributed by atoms with Gasteiger partial charge in [-0.15, -0.1) is 10.2 Å². The Morgan fingerprint density at radius 3 is 2.19 bits per heavy atom. The highest BCUT2D eigenvalue weighted by atomic mass is 32.2. The summed E-state index contributed by atoms with van der Waals surface area (Å²) in [5.74, 6) is 1.18. The fraction of sp³-hybridized carbons (Fsp3) is 0.160. The molecule has 1 heterocycles. The van der Waals surface area contributed by atoms with Gasteiger partial charge in [0.05, 0.1) is 5.75 Å². The lowest BCUT2D eigenvalue weighted by Gasteiger charge is -2.22. The lowest BCUT2D eigenvalue weighted by atomic mass is 10.1. The molecule has 162 valence electrons. The number of hydrogen-bond donors (Lipinski definition) is 0. The maximum absolute atomic E-state index is 13.1. The number of ether oxygens (including phenoxy) is 1. The standard InChI is InChI=1S/C25H23N3O3S/c1-18-13-14-22(15-19(18)2)30-16-23-26-27-25(31-23)32-17-24(29)28(20-9-5-3-6-10-20)21-11-7-4-8-12-21/h3-15H,16-17H2,1-2H3. The molecule has 32 heavy (non-hydrogen) atoms. The minimum Gasteiger partial charge on any atom is -0.484 e. The number of amides is 1. The van der Waals surface area contributed by atoms with Gasteiger partial charge in [0.15, 0.2) is 6.61 Å². The number of thioether (sulfide) groups is 1. The van der Waals surface area contributed by atoms with Crippen LogP contribution in [0.1, 0.15) is 17.0 Å². The molecule has 0 bridgehead atoms. The smallest absolute Gasteiger partial charge is 0.277 e. The predicted molar refractivity (Wildman–Crippen MR) is 125 cm³/mol. The number of carbonyl (C=O) groups is 1. The molecule has 0 aliphatic rings. The Morgan fingerprint density at radius 1 is 0.906 bits per heavy atom. The van der Waals surface area contributed by atoms with Crippen LogP contribution < -0.4 is 9.64 Å². The molecule has 0 radical (unpaired) electrons. The number of aromatic nitrogens is 2. The summed E-state index contributed by atoms with van der Waals surface area (Å²) in [7, 11) is 0. The van der Waals surface area contributed by atoms with E-state index in [0.717, 1.165) is 22.7 Å². The second-order valence-corrected chi connectivity index (χ2v) is 8.11. The number of nitrogens with zero attached hydrogens (tertiary/aromatic N) is 3. The first kappa shape index (κ1) is 21.6. The van der Waals surface area contributed by atoms with E-state index in [9.17, 15) is 4.79 Å². The first-order valence-corrected chi connectivity index (χ1v) is 11.2. The summed E-state index contributed by atoms with van der Waals surface area (Å²) in [6.45, 7) is 4.26. The van der Waals surface area contributed by atoms with Crippen LogP contribution in [0.3, 0.4) is 0 Å². The molecule has 0 fully saturated rings. The van der Waals surface area contributed by atoms with Crippen LogP contribution >= 0.6 is 11.8 Å². The van der Waals surface area contributed by atoms with Gasteiger partial charge in [-0.05, 0) is 61.4 Å². The second kappa shape index (κ2) is 10.2. The zero-order valence-corrected chi connectivity index (χ0v) is 18.7. The number of rotatable bonds is 8. The number of anilines is 2. The van der Waals surface area contributed by atoms with E-state index < -0.39 is 0 Å². The normalized spacial score (nSPS) is 10.7. The third-order valence-electron chi connectivity index (χ3n) is 4.89. The van der Waals surface area contributed by atoms with Crippen molar-refractivity contribution in [3.8, 4) is 5.75 Å². The van der Waals surface area contributed by atoms with E-state index >= 15 is 0 Å². The average molecular weight is 446 g/mol. The van der Waals surface area contributed by atoms with Gasteiger partial charge in [0.25, 0.3) is 11.1 Å². The second-order valence-electron chi connectivity index (χ2n) is 7.19. The summed E-state index contributed by atoms with van der Waals surface area (Å²) in [5.41, 5.74) is 3.97. The zero-order chi connectivity index (χ0) is 22.3. The van der Waals surface area contributed by atoms with Crippen LogP contribution in [0.15, 0.2) is 88.5 Å². The fourth-order valence-electron chi connectivity index (χ4n) is 3.08. The third kappa shape index (κ3) is 5.36. The van der Waals surface area contributed by atoms with Crippen LogP contribution in [-0.2, 0) is 11.4 Å².